The van der Waals surface area contributed by atoms with Gasteiger partial charge in [-0.2, -0.15) is 0 Å². The van der Waals surface area contributed by atoms with E-state index in [-0.39, 0.29) is 5.91 Å². The molecule has 1 aromatic rings. The van der Waals surface area contributed by atoms with Crippen molar-refractivity contribution in [3.8, 4) is 0 Å². The standard InChI is InChI=1S/C13H22N4O/c1-4-17(5-2)12-7-6-11(8-15-12)9-16-13(18)10-14-3/h6-8,14H,4-5,9-10H2,1-3H3,(H,16,18). The Bertz CT molecular complexity index is 360. The number of nitrogens with zero attached hydrogens (tertiary/aromatic N) is 2. The summed E-state index contributed by atoms with van der Waals surface area (Å²) in [6, 6.07) is 3.99. The normalized spacial score (nSPS) is 10.2. The van der Waals surface area contributed by atoms with E-state index in [4.69, 9.17) is 0 Å². The second-order valence-corrected chi connectivity index (χ2v) is 4.00. The number of aromatic nitrogens is 1. The minimum Gasteiger partial charge on any atom is -0.357 e. The highest BCUT2D eigenvalue weighted by atomic mass is 16.1. The molecule has 0 radical (unpaired) electrons. The zero-order chi connectivity index (χ0) is 13.4. The number of hydrogen-bond acceptors (Lipinski definition) is 4. The summed E-state index contributed by atoms with van der Waals surface area (Å²) in [5.74, 6) is 0.968. The second kappa shape index (κ2) is 7.66. The van der Waals surface area contributed by atoms with Crippen molar-refractivity contribution in [3.05, 3.63) is 23.9 Å². The first-order valence-electron chi connectivity index (χ1n) is 6.32. The third-order valence-corrected chi connectivity index (χ3v) is 2.72. The van der Waals surface area contributed by atoms with E-state index in [1.54, 1.807) is 7.05 Å². The molecule has 1 aromatic heterocycles. The Hall–Kier alpha value is -1.62. The van der Waals surface area contributed by atoms with Crippen LogP contribution >= 0.6 is 0 Å². The van der Waals surface area contributed by atoms with Crippen LogP contribution in [0.15, 0.2) is 18.3 Å². The number of carbonyl (C=O) groups excluding carboxylic acids is 1. The molecule has 5 heteroatoms. The highest BCUT2D eigenvalue weighted by Gasteiger charge is 2.03. The average molecular weight is 250 g/mol. The molecule has 0 aliphatic rings. The summed E-state index contributed by atoms with van der Waals surface area (Å²) in [4.78, 5) is 17.9. The first-order valence-corrected chi connectivity index (χ1v) is 6.32. The lowest BCUT2D eigenvalue weighted by atomic mass is 10.2. The Morgan fingerprint density at radius 3 is 2.56 bits per heavy atom. The van der Waals surface area contributed by atoms with Gasteiger partial charge in [0.15, 0.2) is 0 Å². The molecule has 18 heavy (non-hydrogen) atoms. The predicted molar refractivity (Wildman–Crippen MR) is 73.6 cm³/mol. The number of amides is 1. The minimum atomic E-state index is -0.00896. The summed E-state index contributed by atoms with van der Waals surface area (Å²) in [5, 5.41) is 5.63. The molecule has 0 fully saturated rings. The third kappa shape index (κ3) is 4.33. The lowest BCUT2D eigenvalue weighted by Crippen LogP contribution is -2.31. The zero-order valence-electron chi connectivity index (χ0n) is 11.4. The van der Waals surface area contributed by atoms with Gasteiger partial charge in [0.1, 0.15) is 5.82 Å². The molecule has 0 bridgehead atoms. The summed E-state index contributed by atoms with van der Waals surface area (Å²) < 4.78 is 0. The first kappa shape index (κ1) is 14.4. The molecular weight excluding hydrogens is 228 g/mol. The van der Waals surface area contributed by atoms with Gasteiger partial charge in [-0.25, -0.2) is 4.98 Å². The Morgan fingerprint density at radius 1 is 1.33 bits per heavy atom. The zero-order valence-corrected chi connectivity index (χ0v) is 11.4. The summed E-state index contributed by atoms with van der Waals surface area (Å²) >= 11 is 0. The van der Waals surface area contributed by atoms with E-state index in [9.17, 15) is 4.79 Å². The van der Waals surface area contributed by atoms with E-state index in [1.807, 2.05) is 18.3 Å². The number of rotatable bonds is 7. The number of pyridine rings is 1. The van der Waals surface area contributed by atoms with E-state index in [2.05, 4.69) is 34.4 Å². The molecule has 0 unspecified atom stereocenters. The predicted octanol–water partition coefficient (Wildman–Crippen LogP) is 0.763. The average Bonchev–Trinajstić information content (AvgIpc) is 2.39. The molecule has 5 nitrogen and oxygen atoms in total. The van der Waals surface area contributed by atoms with E-state index in [1.165, 1.54) is 0 Å². The molecule has 100 valence electrons. The smallest absolute Gasteiger partial charge is 0.234 e. The van der Waals surface area contributed by atoms with Gasteiger partial charge in [-0.05, 0) is 32.5 Å². The Balaban J connectivity index is 2.52. The highest BCUT2D eigenvalue weighted by Crippen LogP contribution is 2.10. The van der Waals surface area contributed by atoms with E-state index >= 15 is 0 Å². The largest absolute Gasteiger partial charge is 0.357 e. The molecule has 0 aliphatic heterocycles. The Morgan fingerprint density at radius 2 is 2.06 bits per heavy atom. The van der Waals surface area contributed by atoms with Gasteiger partial charge >= 0.3 is 0 Å². The molecule has 1 heterocycles. The first-order chi connectivity index (χ1) is 8.71. The van der Waals surface area contributed by atoms with Crippen LogP contribution in [0.4, 0.5) is 5.82 Å². The van der Waals surface area contributed by atoms with Crippen LogP contribution < -0.4 is 15.5 Å². The van der Waals surface area contributed by atoms with Crippen LogP contribution in [-0.2, 0) is 11.3 Å². The molecule has 0 saturated heterocycles. The molecular formula is C13H22N4O. The minimum absolute atomic E-state index is 0.00896. The molecule has 1 amide bonds. The van der Waals surface area contributed by atoms with E-state index < -0.39 is 0 Å². The molecule has 0 atom stereocenters. The second-order valence-electron chi connectivity index (χ2n) is 4.00. The number of carbonyl (C=O) groups is 1. The lowest BCUT2D eigenvalue weighted by Gasteiger charge is -2.19. The summed E-state index contributed by atoms with van der Waals surface area (Å²) in [6.45, 7) is 6.97. The molecule has 0 aromatic carbocycles. The van der Waals surface area contributed by atoms with Gasteiger partial charge < -0.3 is 15.5 Å². The van der Waals surface area contributed by atoms with Crippen molar-refractivity contribution in [2.75, 3.05) is 31.6 Å². The van der Waals surface area contributed by atoms with Crippen molar-refractivity contribution >= 4 is 11.7 Å². The van der Waals surface area contributed by atoms with E-state index in [0.29, 0.717) is 13.1 Å². The quantitative estimate of drug-likeness (QED) is 0.750. The van der Waals surface area contributed by atoms with Crippen molar-refractivity contribution in [1.29, 1.82) is 0 Å². The summed E-state index contributed by atoms with van der Waals surface area (Å²) in [5.41, 5.74) is 1.01. The van der Waals surface area contributed by atoms with Gasteiger partial charge in [-0.1, -0.05) is 6.07 Å². The maximum Gasteiger partial charge on any atom is 0.234 e. The maximum atomic E-state index is 11.3. The number of nitrogens with one attached hydrogen (secondary N) is 2. The van der Waals surface area contributed by atoms with Crippen molar-refractivity contribution in [3.63, 3.8) is 0 Å². The maximum absolute atomic E-state index is 11.3. The Labute approximate surface area is 109 Å². The number of hydrogen-bond donors (Lipinski definition) is 2. The number of likely N-dealkylation sites (N-methyl/N-ethyl adjacent to an activating group) is 1. The van der Waals surface area contributed by atoms with Crippen LogP contribution in [0, 0.1) is 0 Å². The molecule has 1 rings (SSSR count). The van der Waals surface area contributed by atoms with Crippen LogP contribution in [0.25, 0.3) is 0 Å². The van der Waals surface area contributed by atoms with Crippen molar-refractivity contribution in [2.45, 2.75) is 20.4 Å². The van der Waals surface area contributed by atoms with Gasteiger partial charge in [-0.15, -0.1) is 0 Å². The summed E-state index contributed by atoms with van der Waals surface area (Å²) in [7, 11) is 1.75. The fraction of sp³-hybridized carbons (Fsp3) is 0.538. The van der Waals surface area contributed by atoms with Gasteiger partial charge in [-0.3, -0.25) is 4.79 Å². The summed E-state index contributed by atoms with van der Waals surface area (Å²) in [6.07, 6.45) is 1.81. The lowest BCUT2D eigenvalue weighted by molar-refractivity contribution is -0.120. The highest BCUT2D eigenvalue weighted by molar-refractivity contribution is 5.77. The van der Waals surface area contributed by atoms with Crippen molar-refractivity contribution in [2.24, 2.45) is 0 Å². The molecule has 0 saturated carbocycles. The van der Waals surface area contributed by atoms with Crippen LogP contribution in [0.1, 0.15) is 19.4 Å². The van der Waals surface area contributed by atoms with Gasteiger partial charge in [0, 0.05) is 25.8 Å². The van der Waals surface area contributed by atoms with Crippen molar-refractivity contribution < 1.29 is 4.79 Å². The SMILES string of the molecule is CCN(CC)c1ccc(CNC(=O)CNC)cn1. The monoisotopic (exact) mass is 250 g/mol. The van der Waals surface area contributed by atoms with Gasteiger partial charge in [0.2, 0.25) is 5.91 Å². The van der Waals surface area contributed by atoms with Crippen LogP contribution in [-0.4, -0.2) is 37.6 Å². The fourth-order valence-corrected chi connectivity index (χ4v) is 1.68. The topological polar surface area (TPSA) is 57.3 Å². The van der Waals surface area contributed by atoms with Crippen molar-refractivity contribution in [1.82, 2.24) is 15.6 Å². The molecule has 2 N–H and O–H groups in total. The van der Waals surface area contributed by atoms with Crippen LogP contribution in [0.2, 0.25) is 0 Å². The fourth-order valence-electron chi connectivity index (χ4n) is 1.68. The third-order valence-electron chi connectivity index (χ3n) is 2.72. The molecule has 0 spiro atoms. The molecule has 0 aliphatic carbocycles. The van der Waals surface area contributed by atoms with Crippen LogP contribution in [0.5, 0.6) is 0 Å². The number of anilines is 1. The Kier molecular flexibility index (Phi) is 6.14. The van der Waals surface area contributed by atoms with Crippen LogP contribution in [0.3, 0.4) is 0 Å². The van der Waals surface area contributed by atoms with Gasteiger partial charge in [0.05, 0.1) is 6.54 Å². The van der Waals surface area contributed by atoms with Gasteiger partial charge in [0.25, 0.3) is 0 Å². The van der Waals surface area contributed by atoms with E-state index in [0.717, 1.165) is 24.5 Å².